The van der Waals surface area contributed by atoms with Gasteiger partial charge in [0.2, 0.25) is 5.91 Å². The van der Waals surface area contributed by atoms with E-state index in [0.717, 1.165) is 30.3 Å². The van der Waals surface area contributed by atoms with Gasteiger partial charge in [0.25, 0.3) is 5.91 Å². The van der Waals surface area contributed by atoms with Crippen LogP contribution in [0.2, 0.25) is 5.02 Å². The monoisotopic (exact) mass is 414 g/mol. The molecule has 2 rings (SSSR count). The number of halogens is 2. The first-order chi connectivity index (χ1) is 11.5. The van der Waals surface area contributed by atoms with Gasteiger partial charge in [-0.3, -0.25) is 9.59 Å². The standard InChI is InChI=1S/C18H24BrClN2O2/c1-2-3-4-9-21-17(23)13-7-10-22(11-8-13)18(24)15-12-14(20)5-6-16(15)19/h5-6,12-13H,2-4,7-11H2,1H3,(H,21,23). The maximum absolute atomic E-state index is 12.6. The van der Waals surface area contributed by atoms with Gasteiger partial charge < -0.3 is 10.2 Å². The van der Waals surface area contributed by atoms with E-state index in [1.165, 1.54) is 0 Å². The molecule has 0 atom stereocenters. The van der Waals surface area contributed by atoms with E-state index < -0.39 is 0 Å². The molecule has 1 heterocycles. The second kappa shape index (κ2) is 9.42. The average Bonchev–Trinajstić information content (AvgIpc) is 2.60. The maximum atomic E-state index is 12.6. The molecule has 6 heteroatoms. The van der Waals surface area contributed by atoms with Crippen molar-refractivity contribution in [2.24, 2.45) is 5.92 Å². The minimum absolute atomic E-state index is 0.0125. The molecule has 1 aromatic carbocycles. The molecule has 24 heavy (non-hydrogen) atoms. The molecule has 0 spiro atoms. The molecule has 132 valence electrons. The van der Waals surface area contributed by atoms with E-state index in [1.54, 1.807) is 23.1 Å². The van der Waals surface area contributed by atoms with Gasteiger partial charge >= 0.3 is 0 Å². The fourth-order valence-corrected chi connectivity index (χ4v) is 3.50. The summed E-state index contributed by atoms with van der Waals surface area (Å²) in [5, 5.41) is 3.56. The molecule has 1 aliphatic heterocycles. The predicted molar refractivity (Wildman–Crippen MR) is 100 cm³/mol. The largest absolute Gasteiger partial charge is 0.356 e. The van der Waals surface area contributed by atoms with Crippen LogP contribution in [0.15, 0.2) is 22.7 Å². The second-order valence-corrected chi connectivity index (χ2v) is 7.48. The summed E-state index contributed by atoms with van der Waals surface area (Å²) in [6.07, 6.45) is 4.74. The van der Waals surface area contributed by atoms with Crippen LogP contribution in [0.3, 0.4) is 0 Å². The number of nitrogens with zero attached hydrogens (tertiary/aromatic N) is 1. The summed E-state index contributed by atoms with van der Waals surface area (Å²) in [4.78, 5) is 26.6. The zero-order valence-corrected chi connectivity index (χ0v) is 16.3. The van der Waals surface area contributed by atoms with Crippen LogP contribution >= 0.6 is 27.5 Å². The van der Waals surface area contributed by atoms with Crippen molar-refractivity contribution < 1.29 is 9.59 Å². The number of benzene rings is 1. The van der Waals surface area contributed by atoms with Crippen molar-refractivity contribution in [2.75, 3.05) is 19.6 Å². The Morgan fingerprint density at radius 1 is 1.29 bits per heavy atom. The molecule has 0 aliphatic carbocycles. The molecule has 0 unspecified atom stereocenters. The zero-order valence-electron chi connectivity index (χ0n) is 14.0. The van der Waals surface area contributed by atoms with Crippen molar-refractivity contribution in [3.8, 4) is 0 Å². The highest BCUT2D eigenvalue weighted by Crippen LogP contribution is 2.25. The third-order valence-electron chi connectivity index (χ3n) is 4.39. The highest BCUT2D eigenvalue weighted by molar-refractivity contribution is 9.10. The molecule has 4 nitrogen and oxygen atoms in total. The van der Waals surface area contributed by atoms with Crippen molar-refractivity contribution in [1.82, 2.24) is 10.2 Å². The lowest BCUT2D eigenvalue weighted by atomic mass is 9.95. The Hall–Kier alpha value is -1.07. The average molecular weight is 416 g/mol. The fourth-order valence-electron chi connectivity index (χ4n) is 2.91. The lowest BCUT2D eigenvalue weighted by molar-refractivity contribution is -0.126. The van der Waals surface area contributed by atoms with E-state index in [2.05, 4.69) is 28.2 Å². The SMILES string of the molecule is CCCCCNC(=O)C1CCN(C(=O)c2cc(Cl)ccc2Br)CC1. The van der Waals surface area contributed by atoms with E-state index in [4.69, 9.17) is 11.6 Å². The molecule has 0 bridgehead atoms. The number of rotatable bonds is 6. The van der Waals surface area contributed by atoms with Gasteiger partial charge in [-0.25, -0.2) is 0 Å². The number of hydrogen-bond acceptors (Lipinski definition) is 2. The Kier molecular flexibility index (Phi) is 7.56. The number of nitrogens with one attached hydrogen (secondary N) is 1. The highest BCUT2D eigenvalue weighted by Gasteiger charge is 2.28. The quantitative estimate of drug-likeness (QED) is 0.706. The van der Waals surface area contributed by atoms with Crippen LogP contribution in [0.1, 0.15) is 49.4 Å². The molecule has 0 saturated carbocycles. The summed E-state index contributed by atoms with van der Waals surface area (Å²) in [5.41, 5.74) is 0.574. The smallest absolute Gasteiger partial charge is 0.255 e. The van der Waals surface area contributed by atoms with Crippen LogP contribution in [0.4, 0.5) is 0 Å². The Labute approximate surface area is 157 Å². The molecule has 1 N–H and O–H groups in total. The van der Waals surface area contributed by atoms with Crippen LogP contribution in [0.25, 0.3) is 0 Å². The maximum Gasteiger partial charge on any atom is 0.255 e. The zero-order chi connectivity index (χ0) is 17.5. The lowest BCUT2D eigenvalue weighted by Gasteiger charge is -2.31. The van der Waals surface area contributed by atoms with Gasteiger partial charge in [-0.05, 0) is 53.4 Å². The highest BCUT2D eigenvalue weighted by atomic mass is 79.9. The molecule has 0 radical (unpaired) electrons. The summed E-state index contributed by atoms with van der Waals surface area (Å²) >= 11 is 9.39. The van der Waals surface area contributed by atoms with E-state index in [9.17, 15) is 9.59 Å². The minimum atomic E-state index is -0.0359. The molecular weight excluding hydrogens is 392 g/mol. The molecule has 1 saturated heterocycles. The van der Waals surface area contributed by atoms with E-state index in [-0.39, 0.29) is 17.7 Å². The predicted octanol–water partition coefficient (Wildman–Crippen LogP) is 4.26. The van der Waals surface area contributed by atoms with Crippen LogP contribution in [-0.2, 0) is 4.79 Å². The Morgan fingerprint density at radius 2 is 2.00 bits per heavy atom. The summed E-state index contributed by atoms with van der Waals surface area (Å²) in [6, 6.07) is 5.21. The van der Waals surface area contributed by atoms with Crippen LogP contribution in [-0.4, -0.2) is 36.3 Å². The number of amides is 2. The molecule has 2 amide bonds. The van der Waals surface area contributed by atoms with Crippen molar-refractivity contribution >= 4 is 39.3 Å². The first-order valence-corrected chi connectivity index (χ1v) is 9.72. The van der Waals surface area contributed by atoms with Crippen LogP contribution in [0, 0.1) is 5.92 Å². The Morgan fingerprint density at radius 3 is 2.67 bits per heavy atom. The van der Waals surface area contributed by atoms with Crippen molar-refractivity contribution in [3.63, 3.8) is 0 Å². The van der Waals surface area contributed by atoms with Crippen molar-refractivity contribution in [1.29, 1.82) is 0 Å². The van der Waals surface area contributed by atoms with Gasteiger partial charge in [-0.2, -0.15) is 0 Å². The normalized spacial score (nSPS) is 15.4. The van der Waals surface area contributed by atoms with E-state index in [0.29, 0.717) is 36.5 Å². The van der Waals surface area contributed by atoms with Gasteiger partial charge in [0.1, 0.15) is 0 Å². The van der Waals surface area contributed by atoms with Gasteiger partial charge in [0.15, 0.2) is 0 Å². The number of hydrogen-bond donors (Lipinski definition) is 1. The number of piperidine rings is 1. The fraction of sp³-hybridized carbons (Fsp3) is 0.556. The number of unbranched alkanes of at least 4 members (excludes halogenated alkanes) is 2. The molecular formula is C18H24BrClN2O2. The Bertz CT molecular complexity index is 586. The van der Waals surface area contributed by atoms with Crippen molar-refractivity contribution in [2.45, 2.75) is 39.0 Å². The number of likely N-dealkylation sites (tertiary alicyclic amines) is 1. The lowest BCUT2D eigenvalue weighted by Crippen LogP contribution is -2.43. The van der Waals surface area contributed by atoms with E-state index in [1.807, 2.05) is 0 Å². The molecule has 1 aromatic rings. The second-order valence-electron chi connectivity index (χ2n) is 6.19. The molecule has 1 aliphatic rings. The van der Waals surface area contributed by atoms with Gasteiger partial charge in [0.05, 0.1) is 5.56 Å². The number of carbonyl (C=O) groups excluding carboxylic acids is 2. The van der Waals surface area contributed by atoms with Gasteiger partial charge in [-0.15, -0.1) is 0 Å². The van der Waals surface area contributed by atoms with Crippen molar-refractivity contribution in [3.05, 3.63) is 33.3 Å². The summed E-state index contributed by atoms with van der Waals surface area (Å²) < 4.78 is 0.743. The van der Waals surface area contributed by atoms with E-state index >= 15 is 0 Å². The Balaban J connectivity index is 1.85. The summed E-state index contributed by atoms with van der Waals surface area (Å²) in [7, 11) is 0. The van der Waals surface area contributed by atoms with Gasteiger partial charge in [0, 0.05) is 35.0 Å². The van der Waals surface area contributed by atoms with Crippen LogP contribution < -0.4 is 5.32 Å². The minimum Gasteiger partial charge on any atom is -0.356 e. The third-order valence-corrected chi connectivity index (χ3v) is 5.32. The topological polar surface area (TPSA) is 49.4 Å². The summed E-state index contributed by atoms with van der Waals surface area (Å²) in [6.45, 7) is 4.10. The van der Waals surface area contributed by atoms with Gasteiger partial charge in [-0.1, -0.05) is 31.4 Å². The molecule has 1 fully saturated rings. The molecule has 0 aromatic heterocycles. The van der Waals surface area contributed by atoms with Crippen LogP contribution in [0.5, 0.6) is 0 Å². The third kappa shape index (κ3) is 5.21. The first kappa shape index (κ1) is 19.3. The number of carbonyl (C=O) groups is 2. The summed E-state index contributed by atoms with van der Waals surface area (Å²) in [5.74, 6) is 0.104. The first-order valence-electron chi connectivity index (χ1n) is 8.55.